The van der Waals surface area contributed by atoms with E-state index in [1.807, 2.05) is 0 Å². The van der Waals surface area contributed by atoms with Gasteiger partial charge in [-0.25, -0.2) is 22.8 Å². The van der Waals surface area contributed by atoms with Crippen LogP contribution in [-0.2, 0) is 9.59 Å². The predicted octanol–water partition coefficient (Wildman–Crippen LogP) is 1.53. The zero-order chi connectivity index (χ0) is 22.2. The first-order chi connectivity index (χ1) is 14.8. The zero-order valence-corrected chi connectivity index (χ0v) is 17.0. The van der Waals surface area contributed by atoms with E-state index < -0.39 is 36.3 Å². The van der Waals surface area contributed by atoms with Crippen LogP contribution in [0, 0.1) is 5.82 Å². The van der Waals surface area contributed by atoms with Gasteiger partial charge in [0.2, 0.25) is 11.8 Å². The Kier molecular flexibility index (Phi) is 5.69. The highest BCUT2D eigenvalue weighted by molar-refractivity contribution is 5.98. The number of pyridine rings is 1. The maximum Gasteiger partial charge on any atom is 0.255 e. The van der Waals surface area contributed by atoms with Gasteiger partial charge in [0.05, 0.1) is 25.0 Å². The number of carbonyl (C=O) groups excluding carboxylic acids is 2. The van der Waals surface area contributed by atoms with Gasteiger partial charge in [-0.05, 0) is 44.5 Å². The van der Waals surface area contributed by atoms with Gasteiger partial charge in [0, 0.05) is 6.20 Å². The van der Waals surface area contributed by atoms with Crippen LogP contribution >= 0.6 is 0 Å². The van der Waals surface area contributed by atoms with Crippen LogP contribution in [0.3, 0.4) is 0 Å². The number of alkyl halides is 2. The smallest absolute Gasteiger partial charge is 0.255 e. The van der Waals surface area contributed by atoms with Crippen molar-refractivity contribution < 1.29 is 22.8 Å². The van der Waals surface area contributed by atoms with Crippen molar-refractivity contribution in [1.29, 1.82) is 0 Å². The molecule has 2 fully saturated rings. The minimum absolute atomic E-state index is 0.270. The predicted molar refractivity (Wildman–Crippen MR) is 104 cm³/mol. The number of carbonyl (C=O) groups is 2. The van der Waals surface area contributed by atoms with E-state index in [9.17, 15) is 22.8 Å². The number of hydrogen-bond donors (Lipinski definition) is 1. The molecular weight excluding hydrogens is 413 g/mol. The fourth-order valence-electron chi connectivity index (χ4n) is 4.36. The molecule has 0 aliphatic carbocycles. The van der Waals surface area contributed by atoms with Crippen LogP contribution in [-0.4, -0.2) is 74.5 Å². The number of piperidine rings is 1. The van der Waals surface area contributed by atoms with E-state index in [2.05, 4.69) is 15.4 Å². The molecule has 4 heterocycles. The third-order valence-electron chi connectivity index (χ3n) is 6.04. The van der Waals surface area contributed by atoms with Crippen LogP contribution in [0.15, 0.2) is 30.7 Å². The molecule has 4 rings (SSSR count). The molecule has 0 aromatic carbocycles. The highest BCUT2D eigenvalue weighted by Crippen LogP contribution is 2.36. The number of nitrogens with zero attached hydrogens (tertiary/aromatic N) is 5. The second-order valence-electron chi connectivity index (χ2n) is 7.84. The summed E-state index contributed by atoms with van der Waals surface area (Å²) >= 11 is 0. The molecule has 8 nitrogen and oxygen atoms in total. The maximum absolute atomic E-state index is 13.5. The normalized spacial score (nSPS) is 20.0. The molecule has 0 bridgehead atoms. The van der Waals surface area contributed by atoms with Gasteiger partial charge >= 0.3 is 0 Å². The fraction of sp³-hybridized carbons (Fsp3) is 0.500. The third kappa shape index (κ3) is 3.89. The van der Waals surface area contributed by atoms with Gasteiger partial charge in [-0.1, -0.05) is 6.07 Å². The molecule has 31 heavy (non-hydrogen) atoms. The number of aromatic nitrogens is 3. The minimum Gasteiger partial charge on any atom is -0.325 e. The maximum atomic E-state index is 13.5. The SMILES string of the molecule is C[C@@H](c1ccc(-n2cc(F)cn2)nc1)N1CC(=O)N(CC(F)F)C2(CCNCC2)C1=O. The topological polar surface area (TPSA) is 83.4 Å². The lowest BCUT2D eigenvalue weighted by Gasteiger charge is -2.52. The minimum atomic E-state index is -2.71. The van der Waals surface area contributed by atoms with Crippen molar-refractivity contribution in [2.24, 2.45) is 0 Å². The van der Waals surface area contributed by atoms with Crippen LogP contribution in [0.5, 0.6) is 0 Å². The van der Waals surface area contributed by atoms with Crippen LogP contribution in [0.25, 0.3) is 5.82 Å². The Morgan fingerprint density at radius 3 is 2.52 bits per heavy atom. The van der Waals surface area contributed by atoms with E-state index >= 15 is 0 Å². The first kappa shape index (κ1) is 21.3. The summed E-state index contributed by atoms with van der Waals surface area (Å²) in [5.41, 5.74) is -0.588. The molecule has 1 spiro atoms. The molecule has 2 saturated heterocycles. The molecule has 0 radical (unpaired) electrons. The molecule has 2 aliphatic heterocycles. The Morgan fingerprint density at radius 1 is 1.19 bits per heavy atom. The molecule has 11 heteroatoms. The summed E-state index contributed by atoms with van der Waals surface area (Å²) in [5, 5.41) is 6.98. The van der Waals surface area contributed by atoms with Gasteiger partial charge in [0.25, 0.3) is 6.43 Å². The van der Waals surface area contributed by atoms with Gasteiger partial charge < -0.3 is 15.1 Å². The molecule has 0 saturated carbocycles. The summed E-state index contributed by atoms with van der Waals surface area (Å²) in [6, 6.07) is 2.87. The monoisotopic (exact) mass is 436 g/mol. The molecular formula is C20H23F3N6O2. The van der Waals surface area contributed by atoms with Gasteiger partial charge in [-0.3, -0.25) is 9.59 Å². The van der Waals surface area contributed by atoms with Gasteiger partial charge in [0.15, 0.2) is 11.6 Å². The summed E-state index contributed by atoms with van der Waals surface area (Å²) in [6.45, 7) is 1.69. The Hall–Kier alpha value is -2.95. The van der Waals surface area contributed by atoms with Crippen LogP contribution in [0.2, 0.25) is 0 Å². The third-order valence-corrected chi connectivity index (χ3v) is 6.04. The van der Waals surface area contributed by atoms with Crippen LogP contribution in [0.1, 0.15) is 31.4 Å². The van der Waals surface area contributed by atoms with Gasteiger partial charge in [0.1, 0.15) is 12.1 Å². The lowest BCUT2D eigenvalue weighted by atomic mass is 9.82. The van der Waals surface area contributed by atoms with E-state index in [0.717, 1.165) is 11.1 Å². The van der Waals surface area contributed by atoms with Gasteiger partial charge in [-0.15, -0.1) is 0 Å². The lowest BCUT2D eigenvalue weighted by Crippen LogP contribution is -2.71. The molecule has 2 aromatic rings. The Balaban J connectivity index is 1.60. The van der Waals surface area contributed by atoms with E-state index in [1.54, 1.807) is 19.1 Å². The largest absolute Gasteiger partial charge is 0.325 e. The quantitative estimate of drug-likeness (QED) is 0.769. The number of piperazine rings is 1. The average molecular weight is 436 g/mol. The van der Waals surface area contributed by atoms with Crippen molar-refractivity contribution in [2.75, 3.05) is 26.2 Å². The fourth-order valence-corrected chi connectivity index (χ4v) is 4.36. The highest BCUT2D eigenvalue weighted by Gasteiger charge is 2.54. The number of hydrogen-bond acceptors (Lipinski definition) is 5. The van der Waals surface area contributed by atoms with E-state index in [1.165, 1.54) is 22.0 Å². The Labute approximate surface area is 177 Å². The standard InChI is InChI=1S/C20H23F3N6O2/c1-13(14-2-3-17(25-8-14)29-10-15(21)9-26-29)27-12-18(30)28(11-16(22)23)20(19(27)31)4-6-24-7-5-20/h2-3,8-10,13,16,24H,4-7,11-12H2,1H3/t13-/m0/s1. The van der Waals surface area contributed by atoms with Crippen molar-refractivity contribution in [1.82, 2.24) is 29.9 Å². The molecule has 2 aliphatic rings. The molecule has 166 valence electrons. The summed E-state index contributed by atoms with van der Waals surface area (Å²) in [5.74, 6) is -0.888. The molecule has 1 atom stereocenters. The lowest BCUT2D eigenvalue weighted by molar-refractivity contribution is -0.172. The van der Waals surface area contributed by atoms with Crippen molar-refractivity contribution in [3.05, 3.63) is 42.1 Å². The number of nitrogens with one attached hydrogen (secondary N) is 1. The van der Waals surface area contributed by atoms with E-state index in [0.29, 0.717) is 24.5 Å². The Morgan fingerprint density at radius 2 is 1.94 bits per heavy atom. The first-order valence-electron chi connectivity index (χ1n) is 10.1. The number of halogens is 3. The van der Waals surface area contributed by atoms with E-state index in [4.69, 9.17) is 0 Å². The first-order valence-corrected chi connectivity index (χ1v) is 10.1. The van der Waals surface area contributed by atoms with Crippen LogP contribution in [0.4, 0.5) is 13.2 Å². The average Bonchev–Trinajstić information content (AvgIpc) is 3.20. The van der Waals surface area contributed by atoms with Gasteiger partial charge in [-0.2, -0.15) is 5.10 Å². The summed E-state index contributed by atoms with van der Waals surface area (Å²) in [4.78, 5) is 33.2. The summed E-state index contributed by atoms with van der Waals surface area (Å²) in [7, 11) is 0. The van der Waals surface area contributed by atoms with Crippen molar-refractivity contribution in [3.8, 4) is 5.82 Å². The van der Waals surface area contributed by atoms with Crippen molar-refractivity contribution in [3.63, 3.8) is 0 Å². The van der Waals surface area contributed by atoms with Crippen molar-refractivity contribution >= 4 is 11.8 Å². The second kappa shape index (κ2) is 8.29. The number of amides is 2. The molecule has 2 aromatic heterocycles. The van der Waals surface area contributed by atoms with E-state index in [-0.39, 0.29) is 25.3 Å². The molecule has 2 amide bonds. The molecule has 1 N–H and O–H groups in total. The second-order valence-corrected chi connectivity index (χ2v) is 7.84. The zero-order valence-electron chi connectivity index (χ0n) is 17.0. The summed E-state index contributed by atoms with van der Waals surface area (Å²) < 4.78 is 40.8. The summed E-state index contributed by atoms with van der Waals surface area (Å²) in [6.07, 6.45) is 1.66. The Bertz CT molecular complexity index is 958. The van der Waals surface area contributed by atoms with Crippen molar-refractivity contribution in [2.45, 2.75) is 37.8 Å². The number of rotatable bonds is 5. The highest BCUT2D eigenvalue weighted by atomic mass is 19.3. The molecule has 0 unspecified atom stereocenters. The van der Waals surface area contributed by atoms with Crippen LogP contribution < -0.4 is 5.32 Å².